The highest BCUT2D eigenvalue weighted by Gasteiger charge is 2.05. The van der Waals surface area contributed by atoms with E-state index >= 15 is 0 Å². The molecule has 1 atom stereocenters. The maximum atomic E-state index is 10.7. The van der Waals surface area contributed by atoms with Gasteiger partial charge in [-0.15, -0.1) is 0 Å². The molecule has 0 radical (unpaired) electrons. The number of amides is 1. The molecular formula is C7H16NO3P. The number of hydrogen-bond donors (Lipinski definition) is 1. The molecule has 0 aliphatic heterocycles. The number of carbonyl (C=O) groups excluding carboxylic acids is 1. The lowest BCUT2D eigenvalue weighted by Crippen LogP contribution is -2.24. The normalized spacial score (nSPS) is 15.2. The number of hydrogen-bond acceptors (Lipinski definition) is 3. The number of rotatable bonds is 5. The van der Waals surface area contributed by atoms with Gasteiger partial charge in [0.05, 0.1) is 0 Å². The van der Waals surface area contributed by atoms with Gasteiger partial charge in [0, 0.05) is 20.2 Å². The van der Waals surface area contributed by atoms with Gasteiger partial charge in [-0.3, -0.25) is 4.79 Å². The highest BCUT2D eigenvalue weighted by Crippen LogP contribution is 2.41. The molecule has 0 saturated carbocycles. The fraction of sp³-hybridized carbons (Fsp3) is 0.714. The monoisotopic (exact) mass is 193 g/mol. The zero-order chi connectivity index (χ0) is 9.61. The second-order valence-corrected chi connectivity index (χ2v) is 5.08. The Morgan fingerprint density at radius 3 is 2.67 bits per heavy atom. The molecule has 1 unspecified atom stereocenters. The van der Waals surface area contributed by atoms with Crippen LogP contribution in [0.25, 0.3) is 0 Å². The van der Waals surface area contributed by atoms with Crippen molar-refractivity contribution in [2.24, 2.45) is 0 Å². The summed E-state index contributed by atoms with van der Waals surface area (Å²) in [5, 5.41) is 2.57. The predicted octanol–water partition coefficient (Wildman–Crippen LogP) is 1.04. The molecule has 12 heavy (non-hydrogen) atoms. The van der Waals surface area contributed by atoms with Crippen molar-refractivity contribution in [3.63, 3.8) is 0 Å². The fourth-order valence-corrected chi connectivity index (χ4v) is 0.870. The van der Waals surface area contributed by atoms with Crippen molar-refractivity contribution in [3.05, 3.63) is 0 Å². The summed E-state index contributed by atoms with van der Waals surface area (Å²) in [6, 6.07) is 0. The van der Waals surface area contributed by atoms with Crippen LogP contribution in [0.5, 0.6) is 0 Å². The second-order valence-electron chi connectivity index (χ2n) is 2.42. The van der Waals surface area contributed by atoms with Crippen LogP contribution in [0.15, 0.2) is 0 Å². The van der Waals surface area contributed by atoms with Gasteiger partial charge in [-0.2, -0.15) is 0 Å². The molecule has 0 heterocycles. The van der Waals surface area contributed by atoms with Crippen LogP contribution in [0.4, 0.5) is 0 Å². The first-order valence-electron chi connectivity index (χ1n) is 3.69. The van der Waals surface area contributed by atoms with E-state index in [0.29, 0.717) is 6.42 Å². The van der Waals surface area contributed by atoms with Gasteiger partial charge >= 0.3 is 0 Å². The van der Waals surface area contributed by atoms with Crippen LogP contribution in [0.1, 0.15) is 13.3 Å². The van der Waals surface area contributed by atoms with Crippen molar-refractivity contribution in [2.75, 3.05) is 20.5 Å². The molecule has 0 aromatic carbocycles. The third-order valence-electron chi connectivity index (χ3n) is 1.31. The molecule has 1 N–H and O–H groups in total. The van der Waals surface area contributed by atoms with E-state index in [4.69, 9.17) is 9.05 Å². The molecule has 72 valence electrons. The molecule has 0 fully saturated rings. The van der Waals surface area contributed by atoms with Crippen molar-refractivity contribution in [1.82, 2.24) is 5.32 Å². The molecule has 0 aliphatic carbocycles. The summed E-state index contributed by atoms with van der Waals surface area (Å²) in [4.78, 5) is 10.7. The van der Waals surface area contributed by atoms with Gasteiger partial charge in [-0.05, 0) is 0 Å². The molecule has 0 saturated heterocycles. The Balaban J connectivity index is 3.57. The standard InChI is InChI=1S/C7H16NO3P/c1-5-7(9)8-6-11-12(3,4)10-2/h3,5-6H2,1-2,4H3,(H,8,9). The SMILES string of the molecule is C=P(C)(OC)OCNC(=O)CC. The molecule has 1 amide bonds. The van der Waals surface area contributed by atoms with Crippen LogP contribution < -0.4 is 5.32 Å². The Bertz CT molecular complexity index is 193. The van der Waals surface area contributed by atoms with Gasteiger partial charge in [-0.1, -0.05) is 13.2 Å². The topological polar surface area (TPSA) is 47.6 Å². The minimum Gasteiger partial charge on any atom is -0.341 e. The van der Waals surface area contributed by atoms with Crippen LogP contribution in [-0.2, 0) is 13.8 Å². The van der Waals surface area contributed by atoms with E-state index in [1.807, 2.05) is 0 Å². The Kier molecular flexibility index (Phi) is 5.22. The third kappa shape index (κ3) is 5.35. The van der Waals surface area contributed by atoms with Crippen molar-refractivity contribution < 1.29 is 13.8 Å². The minimum atomic E-state index is -1.95. The van der Waals surface area contributed by atoms with Crippen molar-refractivity contribution in [3.8, 4) is 0 Å². The van der Waals surface area contributed by atoms with Crippen LogP contribution in [0.3, 0.4) is 0 Å². The zero-order valence-corrected chi connectivity index (χ0v) is 8.69. The first-order valence-corrected chi connectivity index (χ1v) is 5.95. The van der Waals surface area contributed by atoms with Crippen molar-refractivity contribution in [2.45, 2.75) is 13.3 Å². The molecule has 5 heteroatoms. The lowest BCUT2D eigenvalue weighted by Gasteiger charge is -2.17. The van der Waals surface area contributed by atoms with Gasteiger partial charge in [0.15, 0.2) is 0 Å². The summed E-state index contributed by atoms with van der Waals surface area (Å²) in [5.74, 6) is -0.0360. The average molecular weight is 193 g/mol. The van der Waals surface area contributed by atoms with Gasteiger partial charge in [0.2, 0.25) is 5.91 Å². The van der Waals surface area contributed by atoms with E-state index < -0.39 is 7.34 Å². The van der Waals surface area contributed by atoms with Gasteiger partial charge < -0.3 is 14.4 Å². The zero-order valence-electron chi connectivity index (χ0n) is 7.79. The Hall–Kier alpha value is -0.310. The second kappa shape index (κ2) is 5.36. The molecule has 0 aromatic heterocycles. The fourth-order valence-electron chi connectivity index (χ4n) is 0.427. The van der Waals surface area contributed by atoms with Crippen molar-refractivity contribution in [1.29, 1.82) is 0 Å². The first-order chi connectivity index (χ1) is 5.52. The Morgan fingerprint density at radius 1 is 1.67 bits per heavy atom. The lowest BCUT2D eigenvalue weighted by atomic mass is 10.5. The van der Waals surface area contributed by atoms with E-state index in [0.717, 1.165) is 0 Å². The van der Waals surface area contributed by atoms with Gasteiger partial charge in [-0.25, -0.2) is 0 Å². The quantitative estimate of drug-likeness (QED) is 0.524. The summed E-state index contributed by atoms with van der Waals surface area (Å²) in [5.41, 5.74) is 0. The minimum absolute atomic E-state index is 0.0360. The lowest BCUT2D eigenvalue weighted by molar-refractivity contribution is -0.121. The highest BCUT2D eigenvalue weighted by molar-refractivity contribution is 7.63. The highest BCUT2D eigenvalue weighted by atomic mass is 31.2. The molecule has 0 spiro atoms. The molecular weight excluding hydrogens is 177 g/mol. The van der Waals surface area contributed by atoms with E-state index in [9.17, 15) is 4.79 Å². The van der Waals surface area contributed by atoms with E-state index in [2.05, 4.69) is 11.6 Å². The summed E-state index contributed by atoms with van der Waals surface area (Å²) in [7, 11) is -0.411. The van der Waals surface area contributed by atoms with Gasteiger partial charge in [0.25, 0.3) is 0 Å². The average Bonchev–Trinajstić information content (AvgIpc) is 2.04. The van der Waals surface area contributed by atoms with Gasteiger partial charge in [0.1, 0.15) is 14.1 Å². The predicted molar refractivity (Wildman–Crippen MR) is 51.4 cm³/mol. The van der Waals surface area contributed by atoms with Crippen LogP contribution in [-0.4, -0.2) is 32.7 Å². The summed E-state index contributed by atoms with van der Waals surface area (Å²) >= 11 is 0. The Labute approximate surface area is 73.4 Å². The van der Waals surface area contributed by atoms with Crippen LogP contribution in [0.2, 0.25) is 0 Å². The number of carbonyl (C=O) groups is 1. The Morgan fingerprint density at radius 2 is 2.25 bits per heavy atom. The maximum absolute atomic E-state index is 10.7. The first kappa shape index (κ1) is 11.7. The number of nitrogens with one attached hydrogen (secondary N) is 1. The molecule has 0 bridgehead atoms. The van der Waals surface area contributed by atoms with Crippen LogP contribution in [0, 0.1) is 0 Å². The smallest absolute Gasteiger partial charge is 0.221 e. The summed E-state index contributed by atoms with van der Waals surface area (Å²) in [6.45, 7) is 3.74. The van der Waals surface area contributed by atoms with Crippen molar-refractivity contribution >= 4 is 19.5 Å². The summed E-state index contributed by atoms with van der Waals surface area (Å²) < 4.78 is 10.2. The maximum Gasteiger partial charge on any atom is 0.221 e. The molecule has 0 rings (SSSR count). The van der Waals surface area contributed by atoms with Crippen LogP contribution >= 0.6 is 7.34 Å². The summed E-state index contributed by atoms with van der Waals surface area (Å²) in [6.07, 6.45) is 4.19. The molecule has 0 aromatic rings. The molecule has 4 nitrogen and oxygen atoms in total. The molecule has 0 aliphatic rings. The van der Waals surface area contributed by atoms with E-state index in [1.54, 1.807) is 20.7 Å². The van der Waals surface area contributed by atoms with E-state index in [1.165, 1.54) is 0 Å². The van der Waals surface area contributed by atoms with E-state index in [-0.39, 0.29) is 12.6 Å². The third-order valence-corrected chi connectivity index (χ3v) is 2.76. The largest absolute Gasteiger partial charge is 0.341 e.